The van der Waals surface area contributed by atoms with Crippen LogP contribution >= 0.6 is 0 Å². The van der Waals surface area contributed by atoms with Crippen LogP contribution in [0.5, 0.6) is 0 Å². The van der Waals surface area contributed by atoms with Gasteiger partial charge < -0.3 is 4.74 Å². The summed E-state index contributed by atoms with van der Waals surface area (Å²) in [6.45, 7) is 6.87. The SMILES string of the molecule is COC1CCN(C/C=C/C(=O)C(C)C)CC1. The summed E-state index contributed by atoms with van der Waals surface area (Å²) >= 11 is 0. The molecule has 0 bridgehead atoms. The lowest BCUT2D eigenvalue weighted by atomic mass is 10.1. The van der Waals surface area contributed by atoms with Crippen molar-refractivity contribution in [1.29, 1.82) is 0 Å². The van der Waals surface area contributed by atoms with Gasteiger partial charge in [-0.3, -0.25) is 9.69 Å². The highest BCUT2D eigenvalue weighted by molar-refractivity contribution is 5.91. The Balaban J connectivity index is 2.22. The summed E-state index contributed by atoms with van der Waals surface area (Å²) in [5.41, 5.74) is 0. The third-order valence-electron chi connectivity index (χ3n) is 3.08. The Bertz CT molecular complexity index is 240. The van der Waals surface area contributed by atoms with E-state index in [0.717, 1.165) is 32.5 Å². The van der Waals surface area contributed by atoms with Crippen LogP contribution in [0.25, 0.3) is 0 Å². The van der Waals surface area contributed by atoms with Crippen LogP contribution in [0.3, 0.4) is 0 Å². The molecule has 92 valence electrons. The smallest absolute Gasteiger partial charge is 0.157 e. The van der Waals surface area contributed by atoms with Gasteiger partial charge in [0.2, 0.25) is 0 Å². The molecule has 1 saturated heterocycles. The van der Waals surface area contributed by atoms with Gasteiger partial charge in [0, 0.05) is 32.7 Å². The van der Waals surface area contributed by atoms with E-state index in [0.29, 0.717) is 6.10 Å². The number of ketones is 1. The van der Waals surface area contributed by atoms with Gasteiger partial charge in [0.25, 0.3) is 0 Å². The van der Waals surface area contributed by atoms with Crippen LogP contribution in [-0.2, 0) is 9.53 Å². The van der Waals surface area contributed by atoms with Gasteiger partial charge >= 0.3 is 0 Å². The largest absolute Gasteiger partial charge is 0.381 e. The van der Waals surface area contributed by atoms with Crippen molar-refractivity contribution in [2.45, 2.75) is 32.8 Å². The maximum absolute atomic E-state index is 11.4. The van der Waals surface area contributed by atoms with Gasteiger partial charge in [-0.1, -0.05) is 19.9 Å². The van der Waals surface area contributed by atoms with Gasteiger partial charge in [0.1, 0.15) is 0 Å². The molecule has 1 aliphatic rings. The molecule has 0 atom stereocenters. The molecule has 3 heteroatoms. The van der Waals surface area contributed by atoms with Crippen LogP contribution in [0, 0.1) is 5.92 Å². The maximum atomic E-state index is 11.4. The van der Waals surface area contributed by atoms with E-state index < -0.39 is 0 Å². The second-order valence-electron chi connectivity index (χ2n) is 4.70. The van der Waals surface area contributed by atoms with E-state index in [1.807, 2.05) is 19.9 Å². The number of allylic oxidation sites excluding steroid dienone is 1. The zero-order valence-electron chi connectivity index (χ0n) is 10.6. The van der Waals surface area contributed by atoms with Crippen LogP contribution in [0.15, 0.2) is 12.2 Å². The van der Waals surface area contributed by atoms with E-state index in [-0.39, 0.29) is 11.7 Å². The Morgan fingerprint density at radius 3 is 2.56 bits per heavy atom. The molecule has 0 aliphatic carbocycles. The van der Waals surface area contributed by atoms with Gasteiger partial charge in [-0.05, 0) is 18.9 Å². The van der Waals surface area contributed by atoms with Gasteiger partial charge in [0.15, 0.2) is 5.78 Å². The van der Waals surface area contributed by atoms with Crippen molar-refractivity contribution < 1.29 is 9.53 Å². The minimum Gasteiger partial charge on any atom is -0.381 e. The predicted molar refractivity (Wildman–Crippen MR) is 65.5 cm³/mol. The van der Waals surface area contributed by atoms with Crippen LogP contribution in [0.2, 0.25) is 0 Å². The van der Waals surface area contributed by atoms with Crippen molar-refractivity contribution in [3.8, 4) is 0 Å². The molecule has 0 aromatic carbocycles. The molecule has 0 spiro atoms. The molecule has 0 N–H and O–H groups in total. The van der Waals surface area contributed by atoms with Gasteiger partial charge in [-0.15, -0.1) is 0 Å². The standard InChI is InChI=1S/C13H23NO2/c1-11(2)13(15)5-4-8-14-9-6-12(16-3)7-10-14/h4-5,11-12H,6-10H2,1-3H3/b5-4+. The Hall–Kier alpha value is -0.670. The number of methoxy groups -OCH3 is 1. The number of rotatable bonds is 5. The van der Waals surface area contributed by atoms with E-state index >= 15 is 0 Å². The third kappa shape index (κ3) is 4.45. The summed E-state index contributed by atoms with van der Waals surface area (Å²) in [7, 11) is 1.78. The number of carbonyl (C=O) groups excluding carboxylic acids is 1. The first-order chi connectivity index (χ1) is 7.63. The minimum absolute atomic E-state index is 0.107. The lowest BCUT2D eigenvalue weighted by Gasteiger charge is -2.30. The lowest BCUT2D eigenvalue weighted by Crippen LogP contribution is -2.36. The predicted octanol–water partition coefficient (Wildman–Crippen LogP) is 1.88. The summed E-state index contributed by atoms with van der Waals surface area (Å²) in [5, 5.41) is 0. The molecule has 0 aromatic rings. The average Bonchev–Trinajstić information content (AvgIpc) is 2.29. The van der Waals surface area contributed by atoms with Gasteiger partial charge in [-0.25, -0.2) is 0 Å². The molecule has 1 aliphatic heterocycles. The first-order valence-electron chi connectivity index (χ1n) is 6.09. The van der Waals surface area contributed by atoms with E-state index in [2.05, 4.69) is 4.90 Å². The summed E-state index contributed by atoms with van der Waals surface area (Å²) in [6.07, 6.45) is 6.32. The Morgan fingerprint density at radius 1 is 1.44 bits per heavy atom. The van der Waals surface area contributed by atoms with Crippen LogP contribution in [-0.4, -0.2) is 43.5 Å². The maximum Gasteiger partial charge on any atom is 0.157 e. The molecule has 0 aromatic heterocycles. The summed E-state index contributed by atoms with van der Waals surface area (Å²) < 4.78 is 5.31. The molecule has 0 saturated carbocycles. The Morgan fingerprint density at radius 2 is 2.06 bits per heavy atom. The molecule has 0 unspecified atom stereocenters. The number of carbonyl (C=O) groups is 1. The molecule has 16 heavy (non-hydrogen) atoms. The second kappa shape index (κ2) is 6.81. The Kier molecular flexibility index (Phi) is 5.71. The lowest BCUT2D eigenvalue weighted by molar-refractivity contribution is -0.117. The highest BCUT2D eigenvalue weighted by atomic mass is 16.5. The van der Waals surface area contributed by atoms with Crippen LogP contribution in [0.4, 0.5) is 0 Å². The number of hydrogen-bond donors (Lipinski definition) is 0. The van der Waals surface area contributed by atoms with Crippen molar-refractivity contribution >= 4 is 5.78 Å². The molecule has 1 heterocycles. The summed E-state index contributed by atoms with van der Waals surface area (Å²) in [4.78, 5) is 13.7. The zero-order chi connectivity index (χ0) is 12.0. The van der Waals surface area contributed by atoms with Gasteiger partial charge in [-0.2, -0.15) is 0 Å². The second-order valence-corrected chi connectivity index (χ2v) is 4.70. The topological polar surface area (TPSA) is 29.5 Å². The van der Waals surface area contributed by atoms with Crippen molar-refractivity contribution in [2.75, 3.05) is 26.7 Å². The fraction of sp³-hybridized carbons (Fsp3) is 0.769. The molecule has 0 radical (unpaired) electrons. The highest BCUT2D eigenvalue weighted by Crippen LogP contribution is 2.12. The molecule has 1 fully saturated rings. The number of ether oxygens (including phenoxy) is 1. The third-order valence-corrected chi connectivity index (χ3v) is 3.08. The number of piperidine rings is 1. The van der Waals surface area contributed by atoms with E-state index in [9.17, 15) is 4.79 Å². The first-order valence-corrected chi connectivity index (χ1v) is 6.09. The van der Waals surface area contributed by atoms with E-state index in [1.165, 1.54) is 0 Å². The summed E-state index contributed by atoms with van der Waals surface area (Å²) in [6, 6.07) is 0. The fourth-order valence-corrected chi connectivity index (χ4v) is 1.84. The highest BCUT2D eigenvalue weighted by Gasteiger charge is 2.17. The zero-order valence-corrected chi connectivity index (χ0v) is 10.6. The van der Waals surface area contributed by atoms with Crippen LogP contribution in [0.1, 0.15) is 26.7 Å². The molecular formula is C13H23NO2. The first kappa shape index (κ1) is 13.4. The molecule has 3 nitrogen and oxygen atoms in total. The monoisotopic (exact) mass is 225 g/mol. The normalized spacial score (nSPS) is 19.8. The summed E-state index contributed by atoms with van der Waals surface area (Å²) in [5.74, 6) is 0.322. The molecular weight excluding hydrogens is 202 g/mol. The van der Waals surface area contributed by atoms with E-state index in [4.69, 9.17) is 4.74 Å². The van der Waals surface area contributed by atoms with Crippen molar-refractivity contribution in [2.24, 2.45) is 5.92 Å². The molecule has 1 rings (SSSR count). The molecule has 0 amide bonds. The van der Waals surface area contributed by atoms with Crippen molar-refractivity contribution in [3.05, 3.63) is 12.2 Å². The number of nitrogens with zero attached hydrogens (tertiary/aromatic N) is 1. The van der Waals surface area contributed by atoms with E-state index in [1.54, 1.807) is 13.2 Å². The van der Waals surface area contributed by atoms with Crippen molar-refractivity contribution in [3.63, 3.8) is 0 Å². The van der Waals surface area contributed by atoms with Crippen molar-refractivity contribution in [1.82, 2.24) is 4.90 Å². The minimum atomic E-state index is 0.107. The number of hydrogen-bond acceptors (Lipinski definition) is 3. The quantitative estimate of drug-likeness (QED) is 0.669. The van der Waals surface area contributed by atoms with Gasteiger partial charge in [0.05, 0.1) is 6.10 Å². The number of likely N-dealkylation sites (tertiary alicyclic amines) is 1. The van der Waals surface area contributed by atoms with Crippen LogP contribution < -0.4 is 0 Å². The fourth-order valence-electron chi connectivity index (χ4n) is 1.84. The Labute approximate surface area is 98.5 Å². The average molecular weight is 225 g/mol.